The molecule has 2 N–H and O–H groups in total. The van der Waals surface area contributed by atoms with E-state index in [0.717, 1.165) is 43.6 Å². The van der Waals surface area contributed by atoms with Crippen LogP contribution in [0.3, 0.4) is 0 Å². The van der Waals surface area contributed by atoms with Crippen LogP contribution in [0.5, 0.6) is 0 Å². The van der Waals surface area contributed by atoms with Crippen molar-refractivity contribution in [1.29, 1.82) is 0 Å². The Bertz CT molecular complexity index is 1300. The fourth-order valence-corrected chi connectivity index (χ4v) is 4.38. The molecule has 4 rings (SSSR count). The highest BCUT2D eigenvalue weighted by Gasteiger charge is 2.16. The predicted octanol–water partition coefficient (Wildman–Crippen LogP) is 8.00. The number of carboxylic acid groups (broad SMARTS) is 1. The van der Waals surface area contributed by atoms with Crippen LogP contribution in [0, 0.1) is 6.92 Å². The van der Waals surface area contributed by atoms with Gasteiger partial charge in [0.15, 0.2) is 0 Å². The van der Waals surface area contributed by atoms with Gasteiger partial charge in [-0.1, -0.05) is 60.1 Å². The molecular weight excluding hydrogens is 453 g/mol. The Kier molecular flexibility index (Phi) is 7.80. The Labute approximate surface area is 205 Å². The molecule has 0 amide bonds. The Morgan fingerprint density at radius 3 is 2.33 bits per heavy atom. The first-order chi connectivity index (χ1) is 15.3. The molecule has 0 fully saturated rings. The molecule has 33 heavy (non-hydrogen) atoms. The van der Waals surface area contributed by atoms with Crippen LogP contribution < -0.4 is 5.32 Å². The van der Waals surface area contributed by atoms with Crippen molar-refractivity contribution in [3.63, 3.8) is 0 Å². The van der Waals surface area contributed by atoms with Crippen LogP contribution in [0.2, 0.25) is 5.02 Å². The van der Waals surface area contributed by atoms with Gasteiger partial charge in [0.1, 0.15) is 0 Å². The van der Waals surface area contributed by atoms with E-state index in [4.69, 9.17) is 11.6 Å². The van der Waals surface area contributed by atoms with Crippen molar-refractivity contribution in [1.82, 2.24) is 5.32 Å². The lowest BCUT2D eigenvalue weighted by Gasteiger charge is -2.22. The summed E-state index contributed by atoms with van der Waals surface area (Å²) in [4.78, 5) is 11.7. The SMILES string of the molecule is Cc1ccc(-c2cc(C(C)N[C@H](C)c3cccc(Cl)c3)cc3ccccc23)cc1C(=O)O.Cl. The average Bonchev–Trinajstić information content (AvgIpc) is 2.78. The molecule has 0 aliphatic carbocycles. The summed E-state index contributed by atoms with van der Waals surface area (Å²) in [6, 6.07) is 26.3. The first kappa shape index (κ1) is 24.8. The molecule has 4 aromatic rings. The summed E-state index contributed by atoms with van der Waals surface area (Å²) < 4.78 is 0. The molecule has 1 unspecified atom stereocenters. The van der Waals surface area contributed by atoms with Crippen LogP contribution >= 0.6 is 24.0 Å². The molecule has 170 valence electrons. The average molecular weight is 480 g/mol. The van der Waals surface area contributed by atoms with Crippen molar-refractivity contribution in [2.45, 2.75) is 32.9 Å². The van der Waals surface area contributed by atoms with Gasteiger partial charge in [-0.25, -0.2) is 4.79 Å². The number of rotatable bonds is 6. The number of aryl methyl sites for hydroxylation is 1. The van der Waals surface area contributed by atoms with E-state index >= 15 is 0 Å². The lowest BCUT2D eigenvalue weighted by atomic mass is 9.91. The third-order valence-electron chi connectivity index (χ3n) is 6.01. The maximum atomic E-state index is 11.7. The van der Waals surface area contributed by atoms with Gasteiger partial charge in [0.25, 0.3) is 0 Å². The molecule has 2 atom stereocenters. The minimum Gasteiger partial charge on any atom is -0.478 e. The van der Waals surface area contributed by atoms with Crippen molar-refractivity contribution >= 4 is 40.7 Å². The summed E-state index contributed by atoms with van der Waals surface area (Å²) in [5, 5.41) is 16.2. The molecule has 0 spiro atoms. The molecule has 0 heterocycles. The normalized spacial score (nSPS) is 12.7. The van der Waals surface area contributed by atoms with Crippen LogP contribution in [0.25, 0.3) is 21.9 Å². The summed E-state index contributed by atoms with van der Waals surface area (Å²) in [5.41, 5.74) is 5.30. The molecule has 0 saturated carbocycles. The summed E-state index contributed by atoms with van der Waals surface area (Å²) in [6.07, 6.45) is 0. The molecular formula is C28H27Cl2NO2. The predicted molar refractivity (Wildman–Crippen MR) is 140 cm³/mol. The van der Waals surface area contributed by atoms with Gasteiger partial charge in [-0.2, -0.15) is 0 Å². The number of benzene rings is 4. The third-order valence-corrected chi connectivity index (χ3v) is 6.25. The van der Waals surface area contributed by atoms with E-state index in [1.54, 1.807) is 6.07 Å². The van der Waals surface area contributed by atoms with Crippen molar-refractivity contribution in [3.05, 3.63) is 106 Å². The minimum absolute atomic E-state index is 0. The van der Waals surface area contributed by atoms with Crippen molar-refractivity contribution in [3.8, 4) is 11.1 Å². The molecule has 0 radical (unpaired) electrons. The number of hydrogen-bond donors (Lipinski definition) is 2. The van der Waals surface area contributed by atoms with Crippen molar-refractivity contribution < 1.29 is 9.90 Å². The highest BCUT2D eigenvalue weighted by atomic mass is 35.5. The van der Waals surface area contributed by atoms with Gasteiger partial charge >= 0.3 is 5.97 Å². The summed E-state index contributed by atoms with van der Waals surface area (Å²) in [5.74, 6) is -0.907. The second-order valence-electron chi connectivity index (χ2n) is 8.29. The van der Waals surface area contributed by atoms with Gasteiger partial charge in [-0.15, -0.1) is 12.4 Å². The fraction of sp³-hybridized carbons (Fsp3) is 0.179. The summed E-state index contributed by atoms with van der Waals surface area (Å²) in [6.45, 7) is 6.10. The largest absolute Gasteiger partial charge is 0.478 e. The molecule has 3 nitrogen and oxygen atoms in total. The maximum absolute atomic E-state index is 11.7. The second-order valence-corrected chi connectivity index (χ2v) is 8.73. The molecule has 0 aromatic heterocycles. The van der Waals surface area contributed by atoms with Crippen LogP contribution in [0.4, 0.5) is 0 Å². The monoisotopic (exact) mass is 479 g/mol. The zero-order valence-electron chi connectivity index (χ0n) is 18.8. The smallest absolute Gasteiger partial charge is 0.335 e. The van der Waals surface area contributed by atoms with Crippen LogP contribution in [-0.4, -0.2) is 11.1 Å². The third kappa shape index (κ3) is 5.39. The van der Waals surface area contributed by atoms with Gasteiger partial charge in [0.05, 0.1) is 5.56 Å². The van der Waals surface area contributed by atoms with Gasteiger partial charge in [0.2, 0.25) is 0 Å². The van der Waals surface area contributed by atoms with Crippen LogP contribution in [0.15, 0.2) is 78.9 Å². The molecule has 0 bridgehead atoms. The van der Waals surface area contributed by atoms with Gasteiger partial charge in [-0.3, -0.25) is 0 Å². The topological polar surface area (TPSA) is 49.3 Å². The van der Waals surface area contributed by atoms with Gasteiger partial charge in [0, 0.05) is 17.1 Å². The van der Waals surface area contributed by atoms with Crippen molar-refractivity contribution in [2.24, 2.45) is 0 Å². The van der Waals surface area contributed by atoms with Crippen LogP contribution in [-0.2, 0) is 0 Å². The first-order valence-corrected chi connectivity index (χ1v) is 11.1. The zero-order chi connectivity index (χ0) is 22.8. The molecule has 0 aliphatic heterocycles. The Morgan fingerprint density at radius 2 is 1.61 bits per heavy atom. The summed E-state index contributed by atoms with van der Waals surface area (Å²) in [7, 11) is 0. The van der Waals surface area contributed by atoms with E-state index in [9.17, 15) is 9.90 Å². The fourth-order valence-electron chi connectivity index (χ4n) is 4.19. The molecule has 0 aliphatic rings. The Balaban J connectivity index is 0.00000306. The van der Waals surface area contributed by atoms with Crippen molar-refractivity contribution in [2.75, 3.05) is 0 Å². The highest BCUT2D eigenvalue weighted by Crippen LogP contribution is 2.34. The first-order valence-electron chi connectivity index (χ1n) is 10.7. The van der Waals surface area contributed by atoms with E-state index in [1.807, 2.05) is 49.4 Å². The number of aromatic carboxylic acids is 1. The van der Waals surface area contributed by atoms with E-state index in [2.05, 4.69) is 49.5 Å². The van der Waals surface area contributed by atoms with Crippen LogP contribution in [0.1, 0.15) is 53.0 Å². The number of carbonyl (C=O) groups is 1. The minimum atomic E-state index is -0.907. The summed E-state index contributed by atoms with van der Waals surface area (Å²) >= 11 is 6.17. The van der Waals surface area contributed by atoms with Gasteiger partial charge in [-0.05, 0) is 89.7 Å². The van der Waals surface area contributed by atoms with E-state index in [1.165, 1.54) is 0 Å². The zero-order valence-corrected chi connectivity index (χ0v) is 20.4. The number of hydrogen-bond acceptors (Lipinski definition) is 2. The lowest BCUT2D eigenvalue weighted by molar-refractivity contribution is 0.0696. The van der Waals surface area contributed by atoms with E-state index in [0.29, 0.717) is 5.56 Å². The number of fused-ring (bicyclic) bond motifs is 1. The lowest BCUT2D eigenvalue weighted by Crippen LogP contribution is -2.22. The highest BCUT2D eigenvalue weighted by molar-refractivity contribution is 6.30. The molecule has 4 aromatic carbocycles. The number of carboxylic acids is 1. The van der Waals surface area contributed by atoms with E-state index < -0.39 is 5.97 Å². The maximum Gasteiger partial charge on any atom is 0.335 e. The number of nitrogens with one attached hydrogen (secondary N) is 1. The standard InChI is InChI=1S/C28H26ClNO2.ClH/c1-17-11-12-22(15-26(17)28(31)32)27-16-23(13-21-7-4-5-10-25(21)27)19(3)30-18(2)20-8-6-9-24(29)14-20;/h4-16,18-19,30H,1-3H3,(H,31,32);1H/t18-,19?;/m1./s1. The number of halogens is 2. The quantitative estimate of drug-likeness (QED) is 0.294. The Morgan fingerprint density at radius 1 is 0.879 bits per heavy atom. The second kappa shape index (κ2) is 10.4. The molecule has 0 saturated heterocycles. The molecule has 5 heteroatoms. The van der Waals surface area contributed by atoms with E-state index in [-0.39, 0.29) is 24.5 Å². The Hall–Kier alpha value is -2.85. The van der Waals surface area contributed by atoms with Gasteiger partial charge < -0.3 is 10.4 Å².